The zero-order chi connectivity index (χ0) is 22.0. The Bertz CT molecular complexity index is 893. The summed E-state index contributed by atoms with van der Waals surface area (Å²) in [4.78, 5) is -0.666. The summed E-state index contributed by atoms with van der Waals surface area (Å²) in [5.41, 5.74) is -3.35. The lowest BCUT2D eigenvalue weighted by molar-refractivity contribution is -0.137. The highest BCUT2D eigenvalue weighted by atomic mass is 32.2. The summed E-state index contributed by atoms with van der Waals surface area (Å²) in [5.74, 6) is -2.97. The van der Waals surface area contributed by atoms with Crippen molar-refractivity contribution in [1.29, 1.82) is 0 Å². The smallest absolute Gasteiger partial charge is 0.399 e. The van der Waals surface area contributed by atoms with Gasteiger partial charge in [0, 0.05) is 18.9 Å². The first-order valence-corrected chi connectivity index (χ1v) is 10.4. The van der Waals surface area contributed by atoms with Crippen LogP contribution in [0.5, 0.6) is 0 Å². The van der Waals surface area contributed by atoms with E-state index in [1.165, 1.54) is 0 Å². The Morgan fingerprint density at radius 2 is 1.59 bits per heavy atom. The standard InChI is InChI=1S/C17H21BF5NO4S/c1-14(2)15(3,4)28-18(27-14)13-6-5-11(7-12(13)17(21,22)23)29(25,26)24-10-8-16(19,20)9-10/h5-7,10,24H,8-9H2,1-4H3. The highest BCUT2D eigenvalue weighted by Gasteiger charge is 2.54. The lowest BCUT2D eigenvalue weighted by atomic mass is 9.76. The fraction of sp³-hybridized carbons (Fsp3) is 0.647. The maximum Gasteiger partial charge on any atom is 0.495 e. The van der Waals surface area contributed by atoms with Gasteiger partial charge in [-0.25, -0.2) is 21.9 Å². The van der Waals surface area contributed by atoms with Crippen LogP contribution < -0.4 is 10.2 Å². The highest BCUT2D eigenvalue weighted by molar-refractivity contribution is 7.89. The molecular formula is C17H21BF5NO4S. The molecule has 0 bridgehead atoms. The van der Waals surface area contributed by atoms with Crippen LogP contribution in [0.15, 0.2) is 23.1 Å². The third-order valence-electron chi connectivity index (χ3n) is 5.56. The Hall–Kier alpha value is -1.24. The molecule has 0 unspecified atom stereocenters. The zero-order valence-electron chi connectivity index (χ0n) is 16.2. The number of rotatable bonds is 4. The van der Waals surface area contributed by atoms with Gasteiger partial charge in [-0.15, -0.1) is 0 Å². The van der Waals surface area contributed by atoms with Crippen molar-refractivity contribution in [2.45, 2.75) is 74.8 Å². The molecule has 1 heterocycles. The number of hydrogen-bond donors (Lipinski definition) is 1. The summed E-state index contributed by atoms with van der Waals surface area (Å²) < 4.78 is 105. The Labute approximate surface area is 166 Å². The molecule has 0 atom stereocenters. The minimum Gasteiger partial charge on any atom is -0.399 e. The van der Waals surface area contributed by atoms with Crippen LogP contribution in [-0.2, 0) is 25.5 Å². The fourth-order valence-corrected chi connectivity index (χ4v) is 4.42. The van der Waals surface area contributed by atoms with E-state index in [0.717, 1.165) is 12.1 Å². The van der Waals surface area contributed by atoms with Crippen LogP contribution in [0.2, 0.25) is 0 Å². The lowest BCUT2D eigenvalue weighted by Gasteiger charge is -2.35. The van der Waals surface area contributed by atoms with Gasteiger partial charge in [0.15, 0.2) is 0 Å². The topological polar surface area (TPSA) is 64.6 Å². The molecule has 1 aliphatic heterocycles. The zero-order valence-corrected chi connectivity index (χ0v) is 17.0. The first kappa shape index (κ1) is 22.5. The maximum absolute atomic E-state index is 13.7. The van der Waals surface area contributed by atoms with Crippen molar-refractivity contribution >= 4 is 22.6 Å². The van der Waals surface area contributed by atoms with Crippen LogP contribution in [-0.4, -0.2) is 38.7 Å². The monoisotopic (exact) mass is 441 g/mol. The summed E-state index contributed by atoms with van der Waals surface area (Å²) in [6.07, 6.45) is -6.26. The third kappa shape index (κ3) is 4.30. The summed E-state index contributed by atoms with van der Waals surface area (Å²) in [5, 5.41) is 0. The van der Waals surface area contributed by atoms with Gasteiger partial charge < -0.3 is 9.31 Å². The van der Waals surface area contributed by atoms with E-state index < -0.39 is 69.8 Å². The van der Waals surface area contributed by atoms with Crippen LogP contribution >= 0.6 is 0 Å². The van der Waals surface area contributed by atoms with Gasteiger partial charge in [-0.1, -0.05) is 6.07 Å². The van der Waals surface area contributed by atoms with E-state index in [2.05, 4.69) is 0 Å². The normalized spacial score (nSPS) is 23.8. The van der Waals surface area contributed by atoms with Crippen molar-refractivity contribution in [2.75, 3.05) is 0 Å². The first-order valence-electron chi connectivity index (χ1n) is 8.91. The predicted molar refractivity (Wildman–Crippen MR) is 95.5 cm³/mol. The van der Waals surface area contributed by atoms with E-state index in [1.54, 1.807) is 27.7 Å². The van der Waals surface area contributed by atoms with Crippen molar-refractivity contribution in [3.05, 3.63) is 23.8 Å². The van der Waals surface area contributed by atoms with Crippen molar-refractivity contribution in [1.82, 2.24) is 4.72 Å². The second-order valence-corrected chi connectivity index (χ2v) is 10.1. The molecule has 3 rings (SSSR count). The van der Waals surface area contributed by atoms with Gasteiger partial charge in [-0.2, -0.15) is 13.2 Å². The average Bonchev–Trinajstić information content (AvgIpc) is 2.71. The Morgan fingerprint density at radius 3 is 2.03 bits per heavy atom. The molecule has 0 amide bonds. The van der Waals surface area contributed by atoms with Gasteiger partial charge >= 0.3 is 13.3 Å². The molecule has 1 aromatic carbocycles. The van der Waals surface area contributed by atoms with Crippen molar-refractivity contribution < 1.29 is 39.7 Å². The Kier molecular flexibility index (Phi) is 5.13. The number of hydrogen-bond acceptors (Lipinski definition) is 4. The van der Waals surface area contributed by atoms with Crippen LogP contribution in [0.4, 0.5) is 22.0 Å². The molecule has 0 aromatic heterocycles. The molecule has 0 radical (unpaired) electrons. The van der Waals surface area contributed by atoms with E-state index in [-0.39, 0.29) is 5.46 Å². The number of alkyl halides is 5. The van der Waals surface area contributed by atoms with Gasteiger partial charge in [0.1, 0.15) is 0 Å². The molecule has 1 saturated heterocycles. The molecular weight excluding hydrogens is 420 g/mol. The van der Waals surface area contributed by atoms with Gasteiger partial charge in [0.2, 0.25) is 10.0 Å². The van der Waals surface area contributed by atoms with Crippen molar-refractivity contribution in [3.8, 4) is 0 Å². The number of nitrogens with one attached hydrogen (secondary N) is 1. The molecule has 5 nitrogen and oxygen atoms in total. The summed E-state index contributed by atoms with van der Waals surface area (Å²) in [6.45, 7) is 6.71. The molecule has 12 heteroatoms. The third-order valence-corrected chi connectivity index (χ3v) is 7.08. The quantitative estimate of drug-likeness (QED) is 0.577. The Balaban J connectivity index is 1.94. The van der Waals surface area contributed by atoms with E-state index in [1.807, 2.05) is 4.72 Å². The summed E-state index contributed by atoms with van der Waals surface area (Å²) in [7, 11) is -5.75. The van der Waals surface area contributed by atoms with Gasteiger partial charge in [0.25, 0.3) is 5.92 Å². The molecule has 162 valence electrons. The molecule has 1 N–H and O–H groups in total. The van der Waals surface area contributed by atoms with E-state index >= 15 is 0 Å². The SMILES string of the molecule is CC1(C)OB(c2ccc(S(=O)(=O)NC3CC(F)(F)C3)cc2C(F)(F)F)OC1(C)C. The van der Waals surface area contributed by atoms with Crippen LogP contribution in [0, 0.1) is 0 Å². The van der Waals surface area contributed by atoms with Crippen LogP contribution in [0.25, 0.3) is 0 Å². The van der Waals surface area contributed by atoms with Crippen LogP contribution in [0.3, 0.4) is 0 Å². The largest absolute Gasteiger partial charge is 0.495 e. The van der Waals surface area contributed by atoms with E-state index in [4.69, 9.17) is 9.31 Å². The van der Waals surface area contributed by atoms with Gasteiger partial charge in [0.05, 0.1) is 21.7 Å². The second-order valence-electron chi connectivity index (χ2n) is 8.42. The average molecular weight is 441 g/mol. The lowest BCUT2D eigenvalue weighted by Crippen LogP contribution is -2.50. The van der Waals surface area contributed by atoms with E-state index in [0.29, 0.717) is 6.07 Å². The molecule has 1 aromatic rings. The molecule has 0 spiro atoms. The molecule has 2 fully saturated rings. The summed E-state index contributed by atoms with van der Waals surface area (Å²) >= 11 is 0. The van der Waals surface area contributed by atoms with E-state index in [9.17, 15) is 30.4 Å². The molecule has 29 heavy (non-hydrogen) atoms. The van der Waals surface area contributed by atoms with Crippen molar-refractivity contribution in [3.63, 3.8) is 0 Å². The Morgan fingerprint density at radius 1 is 1.07 bits per heavy atom. The summed E-state index contributed by atoms with van der Waals surface area (Å²) in [6, 6.07) is 1.41. The van der Waals surface area contributed by atoms with Crippen LogP contribution in [0.1, 0.15) is 46.1 Å². The number of halogens is 5. The first-order chi connectivity index (χ1) is 12.9. The van der Waals surface area contributed by atoms with Gasteiger partial charge in [-0.05, 0) is 45.3 Å². The van der Waals surface area contributed by atoms with Gasteiger partial charge in [-0.3, -0.25) is 0 Å². The molecule has 2 aliphatic rings. The molecule has 1 saturated carbocycles. The second kappa shape index (κ2) is 6.63. The predicted octanol–water partition coefficient (Wildman–Crippen LogP) is 3.08. The minimum absolute atomic E-state index is 0.356. The maximum atomic E-state index is 13.7. The molecule has 1 aliphatic carbocycles. The number of benzene rings is 1. The minimum atomic E-state index is -4.88. The fourth-order valence-electron chi connectivity index (χ4n) is 3.16. The van der Waals surface area contributed by atoms with Crippen molar-refractivity contribution in [2.24, 2.45) is 0 Å². The highest BCUT2D eigenvalue weighted by Crippen LogP contribution is 2.40. The number of sulfonamides is 1.